The summed E-state index contributed by atoms with van der Waals surface area (Å²) in [6, 6.07) is 10.9. The number of nitrogens with zero attached hydrogens (tertiary/aromatic N) is 2. The van der Waals surface area contributed by atoms with Crippen LogP contribution in [0.5, 0.6) is 0 Å². The first-order valence-electron chi connectivity index (χ1n) is 6.12. The van der Waals surface area contributed by atoms with Crippen molar-refractivity contribution >= 4 is 0 Å². The van der Waals surface area contributed by atoms with Crippen LogP contribution in [-0.2, 0) is 0 Å². The number of aromatic nitrogens is 3. The molecule has 3 rings (SSSR count). The zero-order valence-corrected chi connectivity index (χ0v) is 10.7. The minimum atomic E-state index is -0.448. The summed E-state index contributed by atoms with van der Waals surface area (Å²) in [6.45, 7) is 0. The number of rotatable bonds is 2. The highest BCUT2D eigenvalue weighted by Gasteiger charge is 2.09. The molecule has 4 nitrogen and oxygen atoms in total. The molecule has 0 radical (unpaired) electrons. The monoisotopic (exact) mass is 285 g/mol. The van der Waals surface area contributed by atoms with Gasteiger partial charge in [-0.05, 0) is 48.5 Å². The summed E-state index contributed by atoms with van der Waals surface area (Å²) in [5.74, 6) is -0.533. The van der Waals surface area contributed by atoms with Crippen LogP contribution in [0.25, 0.3) is 22.6 Å². The standard InChI is InChI=1S/C15H9F2N3O/c16-11-5-1-9(2-6-11)13-15(21)18-14(20-19-13)10-3-7-12(17)8-4-10/h1-8H,(H,18,20,21). The first-order chi connectivity index (χ1) is 10.1. The summed E-state index contributed by atoms with van der Waals surface area (Å²) in [7, 11) is 0. The number of halogens is 2. The summed E-state index contributed by atoms with van der Waals surface area (Å²) in [4.78, 5) is 14.6. The highest BCUT2D eigenvalue weighted by molar-refractivity contribution is 5.59. The van der Waals surface area contributed by atoms with Gasteiger partial charge in [0.05, 0.1) is 0 Å². The molecule has 0 saturated carbocycles. The van der Waals surface area contributed by atoms with E-state index in [1.807, 2.05) is 0 Å². The lowest BCUT2D eigenvalue weighted by molar-refractivity contribution is 0.627. The number of H-pyrrole nitrogens is 1. The quantitative estimate of drug-likeness (QED) is 0.787. The summed E-state index contributed by atoms with van der Waals surface area (Å²) in [6.07, 6.45) is 0. The normalized spacial score (nSPS) is 10.6. The zero-order chi connectivity index (χ0) is 14.8. The van der Waals surface area contributed by atoms with Gasteiger partial charge in [-0.2, -0.15) is 0 Å². The molecule has 2 aromatic carbocycles. The second-order valence-electron chi connectivity index (χ2n) is 4.37. The summed E-state index contributed by atoms with van der Waals surface area (Å²) in [5.41, 5.74) is 0.666. The second-order valence-corrected chi connectivity index (χ2v) is 4.37. The molecule has 21 heavy (non-hydrogen) atoms. The Morgan fingerprint density at radius 1 is 0.762 bits per heavy atom. The molecule has 1 heterocycles. The third kappa shape index (κ3) is 2.69. The summed E-state index contributed by atoms with van der Waals surface area (Å²) < 4.78 is 25.7. The minimum Gasteiger partial charge on any atom is -0.303 e. The maximum atomic E-state index is 12.9. The van der Waals surface area contributed by atoms with Gasteiger partial charge in [0, 0.05) is 11.1 Å². The Hall–Kier alpha value is -2.89. The smallest absolute Gasteiger partial charge is 0.278 e. The maximum Gasteiger partial charge on any atom is 0.278 e. The van der Waals surface area contributed by atoms with Crippen LogP contribution < -0.4 is 5.56 Å². The fourth-order valence-electron chi connectivity index (χ4n) is 1.87. The molecule has 0 fully saturated rings. The van der Waals surface area contributed by atoms with Crippen LogP contribution in [0.4, 0.5) is 8.78 Å². The predicted octanol–water partition coefficient (Wildman–Crippen LogP) is 2.78. The summed E-state index contributed by atoms with van der Waals surface area (Å²) >= 11 is 0. The maximum absolute atomic E-state index is 12.9. The van der Waals surface area contributed by atoms with E-state index in [0.717, 1.165) is 0 Å². The van der Waals surface area contributed by atoms with Gasteiger partial charge in [0.2, 0.25) is 0 Å². The van der Waals surface area contributed by atoms with E-state index < -0.39 is 11.4 Å². The van der Waals surface area contributed by atoms with Crippen LogP contribution in [0.1, 0.15) is 0 Å². The van der Waals surface area contributed by atoms with Crippen LogP contribution in [0.2, 0.25) is 0 Å². The van der Waals surface area contributed by atoms with Crippen molar-refractivity contribution in [1.82, 2.24) is 15.2 Å². The van der Waals surface area contributed by atoms with Gasteiger partial charge in [-0.3, -0.25) is 4.79 Å². The van der Waals surface area contributed by atoms with E-state index >= 15 is 0 Å². The van der Waals surface area contributed by atoms with Gasteiger partial charge in [0.15, 0.2) is 11.5 Å². The highest BCUT2D eigenvalue weighted by atomic mass is 19.1. The Labute approximate surface area is 118 Å². The number of nitrogens with one attached hydrogen (secondary N) is 1. The largest absolute Gasteiger partial charge is 0.303 e. The lowest BCUT2D eigenvalue weighted by Crippen LogP contribution is -2.14. The van der Waals surface area contributed by atoms with E-state index in [4.69, 9.17) is 0 Å². The average Bonchev–Trinajstić information content (AvgIpc) is 2.49. The molecule has 0 amide bonds. The SMILES string of the molecule is O=c1[nH]c(-c2ccc(F)cc2)nnc1-c1ccc(F)cc1. The lowest BCUT2D eigenvalue weighted by Gasteiger charge is -2.02. The Morgan fingerprint density at radius 2 is 1.29 bits per heavy atom. The van der Waals surface area contributed by atoms with Crippen molar-refractivity contribution in [2.45, 2.75) is 0 Å². The Bertz CT molecular complexity index is 827. The molecular formula is C15H9F2N3O. The molecular weight excluding hydrogens is 276 g/mol. The lowest BCUT2D eigenvalue weighted by atomic mass is 10.1. The molecule has 0 unspecified atom stereocenters. The van der Waals surface area contributed by atoms with Crippen molar-refractivity contribution in [3.05, 3.63) is 70.5 Å². The molecule has 1 N–H and O–H groups in total. The van der Waals surface area contributed by atoms with Crippen LogP contribution in [0.3, 0.4) is 0 Å². The van der Waals surface area contributed by atoms with Crippen molar-refractivity contribution in [3.63, 3.8) is 0 Å². The van der Waals surface area contributed by atoms with Gasteiger partial charge in [-0.25, -0.2) is 8.78 Å². The third-order valence-corrected chi connectivity index (χ3v) is 2.93. The number of benzene rings is 2. The fourth-order valence-corrected chi connectivity index (χ4v) is 1.87. The van der Waals surface area contributed by atoms with Crippen LogP contribution in [0, 0.1) is 11.6 Å². The van der Waals surface area contributed by atoms with Crippen LogP contribution in [-0.4, -0.2) is 15.2 Å². The molecule has 0 aliphatic heterocycles. The molecule has 0 spiro atoms. The Balaban J connectivity index is 2.02. The van der Waals surface area contributed by atoms with Crippen molar-refractivity contribution in [1.29, 1.82) is 0 Å². The fraction of sp³-hybridized carbons (Fsp3) is 0. The topological polar surface area (TPSA) is 58.6 Å². The average molecular weight is 285 g/mol. The van der Waals surface area contributed by atoms with Gasteiger partial charge in [0.25, 0.3) is 5.56 Å². The molecule has 104 valence electrons. The number of hydrogen-bond acceptors (Lipinski definition) is 3. The van der Waals surface area contributed by atoms with Gasteiger partial charge < -0.3 is 4.98 Å². The van der Waals surface area contributed by atoms with Gasteiger partial charge >= 0.3 is 0 Å². The number of aromatic amines is 1. The molecule has 0 atom stereocenters. The molecule has 3 aromatic rings. The second kappa shape index (κ2) is 5.24. The van der Waals surface area contributed by atoms with Gasteiger partial charge in [-0.15, -0.1) is 10.2 Å². The molecule has 0 aliphatic carbocycles. The first kappa shape index (κ1) is 13.1. The Morgan fingerprint density at radius 3 is 1.81 bits per heavy atom. The van der Waals surface area contributed by atoms with Crippen LogP contribution in [0.15, 0.2) is 53.3 Å². The molecule has 1 aromatic heterocycles. The first-order valence-corrected chi connectivity index (χ1v) is 6.12. The molecule has 0 aliphatic rings. The van der Waals surface area contributed by atoms with E-state index in [2.05, 4.69) is 15.2 Å². The third-order valence-electron chi connectivity index (χ3n) is 2.93. The van der Waals surface area contributed by atoms with Crippen molar-refractivity contribution < 1.29 is 8.78 Å². The Kier molecular flexibility index (Phi) is 3.27. The molecule has 6 heteroatoms. The van der Waals surface area contributed by atoms with E-state index in [-0.39, 0.29) is 17.3 Å². The molecule has 0 saturated heterocycles. The minimum absolute atomic E-state index is 0.0980. The predicted molar refractivity (Wildman–Crippen MR) is 73.4 cm³/mol. The van der Waals surface area contributed by atoms with E-state index in [1.54, 1.807) is 0 Å². The van der Waals surface area contributed by atoms with Crippen LogP contribution >= 0.6 is 0 Å². The van der Waals surface area contributed by atoms with E-state index in [9.17, 15) is 13.6 Å². The van der Waals surface area contributed by atoms with Gasteiger partial charge in [-0.1, -0.05) is 0 Å². The van der Waals surface area contributed by atoms with Crippen molar-refractivity contribution in [2.75, 3.05) is 0 Å². The van der Waals surface area contributed by atoms with Gasteiger partial charge in [0.1, 0.15) is 11.6 Å². The van der Waals surface area contributed by atoms with Crippen molar-refractivity contribution in [2.24, 2.45) is 0 Å². The zero-order valence-electron chi connectivity index (χ0n) is 10.7. The number of hydrogen-bond donors (Lipinski definition) is 1. The van der Waals surface area contributed by atoms with Crippen molar-refractivity contribution in [3.8, 4) is 22.6 Å². The summed E-state index contributed by atoms with van der Waals surface area (Å²) in [5, 5.41) is 7.78. The highest BCUT2D eigenvalue weighted by Crippen LogP contribution is 2.16. The molecule has 0 bridgehead atoms. The van der Waals surface area contributed by atoms with E-state index in [1.165, 1.54) is 48.5 Å². The van der Waals surface area contributed by atoms with E-state index in [0.29, 0.717) is 11.1 Å².